The number of aliphatic carboxylic acids is 1. The fraction of sp³-hybridized carbons (Fsp3) is 0.300. The number of carboxylic acid groups (broad SMARTS) is 1. The molecular weight excluding hydrogens is 228 g/mol. The number of benzene rings is 1. The maximum Gasteiger partial charge on any atom is 2.00 e. The molecule has 0 radical (unpaired) electrons. The van der Waals surface area contributed by atoms with E-state index in [2.05, 4.69) is 0 Å². The van der Waals surface area contributed by atoms with Crippen molar-refractivity contribution in [3.8, 4) is 5.75 Å². The maximum atomic E-state index is 10.5. The molecule has 0 spiro atoms. The van der Waals surface area contributed by atoms with E-state index in [0.717, 1.165) is 5.56 Å². The van der Waals surface area contributed by atoms with Crippen molar-refractivity contribution in [2.75, 3.05) is 0 Å². The molecule has 0 fully saturated rings. The second-order valence-corrected chi connectivity index (χ2v) is 3.44. The first-order chi connectivity index (χ1) is 6.50. The standard InChI is InChI=1S/C10H11ClO3.Mg.2H/c1-6-5-8(11)3-4-9(6)14-7(2)10(12)13;;;/h3-5,7H,1-2H3,(H,12,13);;;/q;+2;2*-1. The molecular formula is C10H13ClMgO3. The summed E-state index contributed by atoms with van der Waals surface area (Å²) in [7, 11) is 0. The average molecular weight is 241 g/mol. The van der Waals surface area contributed by atoms with Crippen LogP contribution in [0.4, 0.5) is 0 Å². The molecule has 1 rings (SSSR count). The normalized spacial score (nSPS) is 11.4. The predicted octanol–water partition coefficient (Wildman–Crippen LogP) is 2.34. The number of ether oxygens (including phenoxy) is 1. The molecule has 3 nitrogen and oxygen atoms in total. The van der Waals surface area contributed by atoms with E-state index in [-0.39, 0.29) is 25.9 Å². The summed E-state index contributed by atoms with van der Waals surface area (Å²) in [5, 5.41) is 9.25. The van der Waals surface area contributed by atoms with Crippen molar-refractivity contribution in [3.63, 3.8) is 0 Å². The second-order valence-electron chi connectivity index (χ2n) is 3.01. The van der Waals surface area contributed by atoms with E-state index in [0.29, 0.717) is 10.8 Å². The van der Waals surface area contributed by atoms with Crippen molar-refractivity contribution >= 4 is 40.6 Å². The van der Waals surface area contributed by atoms with Crippen LogP contribution in [0.3, 0.4) is 0 Å². The first kappa shape index (κ1) is 14.5. The van der Waals surface area contributed by atoms with E-state index in [4.69, 9.17) is 21.4 Å². The molecule has 0 amide bonds. The van der Waals surface area contributed by atoms with Crippen molar-refractivity contribution in [2.45, 2.75) is 20.0 Å². The minimum atomic E-state index is -0.987. The van der Waals surface area contributed by atoms with Crippen LogP contribution in [0.15, 0.2) is 18.2 Å². The van der Waals surface area contributed by atoms with E-state index < -0.39 is 12.1 Å². The molecule has 1 unspecified atom stereocenters. The molecule has 1 aromatic carbocycles. The Bertz CT molecular complexity index is 363. The zero-order chi connectivity index (χ0) is 10.7. The molecule has 5 heteroatoms. The van der Waals surface area contributed by atoms with Crippen LogP contribution in [-0.2, 0) is 4.79 Å². The van der Waals surface area contributed by atoms with Gasteiger partial charge in [0, 0.05) is 5.02 Å². The smallest absolute Gasteiger partial charge is 1.00 e. The van der Waals surface area contributed by atoms with Crippen LogP contribution < -0.4 is 4.74 Å². The van der Waals surface area contributed by atoms with Crippen molar-refractivity contribution in [1.29, 1.82) is 0 Å². The van der Waals surface area contributed by atoms with Crippen molar-refractivity contribution in [1.82, 2.24) is 0 Å². The van der Waals surface area contributed by atoms with Crippen LogP contribution >= 0.6 is 11.6 Å². The Morgan fingerprint density at radius 2 is 2.20 bits per heavy atom. The van der Waals surface area contributed by atoms with Crippen LogP contribution in [0.2, 0.25) is 5.02 Å². The van der Waals surface area contributed by atoms with E-state index >= 15 is 0 Å². The molecule has 1 N–H and O–H groups in total. The Kier molecular flexibility index (Phi) is 6.01. The summed E-state index contributed by atoms with van der Waals surface area (Å²) in [6.07, 6.45) is -0.852. The number of carboxylic acids is 1. The second kappa shape index (κ2) is 6.20. The zero-order valence-electron chi connectivity index (χ0n) is 10.7. The maximum absolute atomic E-state index is 10.5. The fourth-order valence-electron chi connectivity index (χ4n) is 0.986. The Labute approximate surface area is 113 Å². The molecule has 0 aliphatic heterocycles. The van der Waals surface area contributed by atoms with Crippen LogP contribution in [-0.4, -0.2) is 40.2 Å². The number of aryl methyl sites for hydroxylation is 1. The first-order valence-corrected chi connectivity index (χ1v) is 4.54. The molecule has 15 heavy (non-hydrogen) atoms. The number of carbonyl (C=O) groups is 1. The van der Waals surface area contributed by atoms with Crippen LogP contribution in [0.1, 0.15) is 15.3 Å². The molecule has 80 valence electrons. The Balaban J connectivity index is -0.000000653. The van der Waals surface area contributed by atoms with Crippen LogP contribution in [0.25, 0.3) is 0 Å². The Hall–Kier alpha value is -0.454. The molecule has 0 aliphatic rings. The van der Waals surface area contributed by atoms with E-state index in [1.807, 2.05) is 6.92 Å². The monoisotopic (exact) mass is 240 g/mol. The molecule has 0 aromatic heterocycles. The van der Waals surface area contributed by atoms with Crippen LogP contribution in [0.5, 0.6) is 5.75 Å². The molecule has 1 aromatic rings. The third-order valence-corrected chi connectivity index (χ3v) is 2.02. The van der Waals surface area contributed by atoms with Gasteiger partial charge in [-0.25, -0.2) is 4.79 Å². The molecule has 0 heterocycles. The third-order valence-electron chi connectivity index (χ3n) is 1.79. The van der Waals surface area contributed by atoms with Gasteiger partial charge in [0.05, 0.1) is 0 Å². The summed E-state index contributed by atoms with van der Waals surface area (Å²) in [5.74, 6) is -0.441. The van der Waals surface area contributed by atoms with Gasteiger partial charge in [-0.3, -0.25) is 0 Å². The van der Waals surface area contributed by atoms with Gasteiger partial charge in [-0.05, 0) is 37.6 Å². The van der Waals surface area contributed by atoms with Gasteiger partial charge in [0.2, 0.25) is 0 Å². The molecule has 1 atom stereocenters. The summed E-state index contributed by atoms with van der Waals surface area (Å²) in [4.78, 5) is 10.5. The quantitative estimate of drug-likeness (QED) is 0.826. The molecule has 0 saturated heterocycles. The SMILES string of the molecule is Cc1cc(Cl)ccc1OC(C)C(=O)O.[H-].[H-].[Mg+2]. The van der Waals surface area contributed by atoms with Gasteiger partial charge in [-0.15, -0.1) is 0 Å². The van der Waals surface area contributed by atoms with Crippen molar-refractivity contribution in [3.05, 3.63) is 28.8 Å². The minimum absolute atomic E-state index is 0. The third kappa shape index (κ3) is 4.28. The Morgan fingerprint density at radius 1 is 1.60 bits per heavy atom. The summed E-state index contributed by atoms with van der Waals surface area (Å²) in [6.45, 7) is 3.30. The van der Waals surface area contributed by atoms with Gasteiger partial charge in [0.15, 0.2) is 6.10 Å². The van der Waals surface area contributed by atoms with Crippen molar-refractivity contribution in [2.24, 2.45) is 0 Å². The molecule has 0 bridgehead atoms. The van der Waals surface area contributed by atoms with Gasteiger partial charge in [0.1, 0.15) is 5.75 Å². The Morgan fingerprint density at radius 3 is 2.67 bits per heavy atom. The molecule has 0 aliphatic carbocycles. The fourth-order valence-corrected chi connectivity index (χ4v) is 1.21. The molecule has 0 saturated carbocycles. The van der Waals surface area contributed by atoms with Crippen LogP contribution in [0, 0.1) is 6.92 Å². The largest absolute Gasteiger partial charge is 2.00 e. The average Bonchev–Trinajstić information content (AvgIpc) is 2.09. The van der Waals surface area contributed by atoms with Crippen molar-refractivity contribution < 1.29 is 17.5 Å². The number of hydrogen-bond acceptors (Lipinski definition) is 2. The van der Waals surface area contributed by atoms with E-state index in [1.165, 1.54) is 6.92 Å². The topological polar surface area (TPSA) is 46.5 Å². The van der Waals surface area contributed by atoms with Gasteiger partial charge < -0.3 is 12.7 Å². The number of rotatable bonds is 3. The van der Waals surface area contributed by atoms with Gasteiger partial charge >= 0.3 is 29.0 Å². The van der Waals surface area contributed by atoms with Gasteiger partial charge in [0.25, 0.3) is 0 Å². The summed E-state index contributed by atoms with van der Waals surface area (Å²) >= 11 is 5.74. The predicted molar refractivity (Wildman–Crippen MR) is 61.9 cm³/mol. The number of halogens is 1. The summed E-state index contributed by atoms with van der Waals surface area (Å²) in [5.41, 5.74) is 0.825. The van der Waals surface area contributed by atoms with Gasteiger partial charge in [-0.1, -0.05) is 11.6 Å². The van der Waals surface area contributed by atoms with E-state index in [1.54, 1.807) is 18.2 Å². The number of hydrogen-bond donors (Lipinski definition) is 1. The minimum Gasteiger partial charge on any atom is -1.00 e. The summed E-state index contributed by atoms with van der Waals surface area (Å²) in [6, 6.07) is 5.06. The van der Waals surface area contributed by atoms with E-state index in [9.17, 15) is 4.79 Å². The first-order valence-electron chi connectivity index (χ1n) is 4.16. The zero-order valence-corrected chi connectivity index (χ0v) is 10.8. The summed E-state index contributed by atoms with van der Waals surface area (Å²) < 4.78 is 5.20. The van der Waals surface area contributed by atoms with Gasteiger partial charge in [-0.2, -0.15) is 0 Å².